The number of rotatable bonds is 4. The third kappa shape index (κ3) is 3.96. The smallest absolute Gasteiger partial charge is 0.0500 e. The van der Waals surface area contributed by atoms with Crippen molar-refractivity contribution >= 4 is 11.8 Å². The van der Waals surface area contributed by atoms with Crippen molar-refractivity contribution in [2.24, 2.45) is 5.73 Å². The molecule has 1 aromatic rings. The van der Waals surface area contributed by atoms with Crippen molar-refractivity contribution in [2.45, 2.75) is 50.4 Å². The Balaban J connectivity index is 2.19. The SMILES string of the molecule is CCC(N)C(c1ccncc1)N1CCSC(C)(C)CC1. The van der Waals surface area contributed by atoms with E-state index >= 15 is 0 Å². The molecule has 2 heterocycles. The topological polar surface area (TPSA) is 42.1 Å². The van der Waals surface area contributed by atoms with Crippen LogP contribution in [0.1, 0.15) is 45.2 Å². The molecule has 0 bridgehead atoms. The molecule has 0 aromatic carbocycles. The molecule has 2 unspecified atom stereocenters. The highest BCUT2D eigenvalue weighted by molar-refractivity contribution is 8.00. The number of hydrogen-bond acceptors (Lipinski definition) is 4. The highest BCUT2D eigenvalue weighted by Gasteiger charge is 2.30. The molecule has 0 spiro atoms. The number of thioether (sulfide) groups is 1. The van der Waals surface area contributed by atoms with Gasteiger partial charge in [0.05, 0.1) is 6.04 Å². The molecule has 1 fully saturated rings. The van der Waals surface area contributed by atoms with E-state index in [1.165, 1.54) is 17.7 Å². The van der Waals surface area contributed by atoms with E-state index in [2.05, 4.69) is 54.5 Å². The predicted molar refractivity (Wildman–Crippen MR) is 88.0 cm³/mol. The van der Waals surface area contributed by atoms with Gasteiger partial charge in [-0.3, -0.25) is 9.88 Å². The summed E-state index contributed by atoms with van der Waals surface area (Å²) in [4.78, 5) is 6.71. The Kier molecular flexibility index (Phi) is 5.47. The molecule has 1 aromatic heterocycles. The maximum absolute atomic E-state index is 6.43. The summed E-state index contributed by atoms with van der Waals surface area (Å²) in [6, 6.07) is 4.73. The largest absolute Gasteiger partial charge is 0.326 e. The van der Waals surface area contributed by atoms with Gasteiger partial charge in [-0.25, -0.2) is 0 Å². The number of nitrogens with zero attached hydrogens (tertiary/aromatic N) is 2. The van der Waals surface area contributed by atoms with Gasteiger partial charge in [-0.2, -0.15) is 11.8 Å². The van der Waals surface area contributed by atoms with Gasteiger partial charge >= 0.3 is 0 Å². The Hall–Kier alpha value is -0.580. The fraction of sp³-hybridized carbons (Fsp3) is 0.688. The lowest BCUT2D eigenvalue weighted by atomic mass is 9.96. The Morgan fingerprint density at radius 3 is 2.70 bits per heavy atom. The van der Waals surface area contributed by atoms with Gasteiger partial charge in [0.1, 0.15) is 0 Å². The van der Waals surface area contributed by atoms with E-state index in [-0.39, 0.29) is 6.04 Å². The number of hydrogen-bond donors (Lipinski definition) is 1. The van der Waals surface area contributed by atoms with Gasteiger partial charge in [-0.15, -0.1) is 0 Å². The average Bonchev–Trinajstić information content (AvgIpc) is 2.62. The number of nitrogens with two attached hydrogens (primary N) is 1. The number of aromatic nitrogens is 1. The van der Waals surface area contributed by atoms with Gasteiger partial charge < -0.3 is 5.73 Å². The minimum Gasteiger partial charge on any atom is -0.326 e. The van der Waals surface area contributed by atoms with Crippen molar-refractivity contribution in [3.05, 3.63) is 30.1 Å². The second-order valence-electron chi connectivity index (χ2n) is 6.19. The van der Waals surface area contributed by atoms with E-state index < -0.39 is 0 Å². The van der Waals surface area contributed by atoms with Crippen LogP contribution in [-0.4, -0.2) is 39.5 Å². The summed E-state index contributed by atoms with van der Waals surface area (Å²) in [6.45, 7) is 9.12. The minimum atomic E-state index is 0.184. The van der Waals surface area contributed by atoms with Crippen molar-refractivity contribution in [1.82, 2.24) is 9.88 Å². The zero-order valence-electron chi connectivity index (χ0n) is 12.9. The highest BCUT2D eigenvalue weighted by Crippen LogP contribution is 2.34. The van der Waals surface area contributed by atoms with E-state index in [0.717, 1.165) is 19.5 Å². The second-order valence-corrected chi connectivity index (χ2v) is 7.99. The van der Waals surface area contributed by atoms with Crippen LogP contribution in [0.25, 0.3) is 0 Å². The van der Waals surface area contributed by atoms with E-state index in [4.69, 9.17) is 5.73 Å². The van der Waals surface area contributed by atoms with E-state index in [1.54, 1.807) is 0 Å². The first-order chi connectivity index (χ1) is 9.53. The molecule has 1 aliphatic rings. The molecule has 0 radical (unpaired) electrons. The van der Waals surface area contributed by atoms with Crippen molar-refractivity contribution in [2.75, 3.05) is 18.8 Å². The second kappa shape index (κ2) is 6.92. The molecule has 0 amide bonds. The molecule has 3 nitrogen and oxygen atoms in total. The van der Waals surface area contributed by atoms with E-state index in [9.17, 15) is 0 Å². The standard InChI is InChI=1S/C16H27N3S/c1-4-14(17)15(13-5-8-18-9-6-13)19-10-7-16(2,3)20-12-11-19/h5-6,8-9,14-15H,4,7,10-12,17H2,1-3H3. The van der Waals surface area contributed by atoms with Crippen LogP contribution in [0.15, 0.2) is 24.5 Å². The molecule has 20 heavy (non-hydrogen) atoms. The predicted octanol–water partition coefficient (Wildman–Crippen LogP) is 3.08. The summed E-state index contributed by atoms with van der Waals surface area (Å²) in [7, 11) is 0. The van der Waals surface area contributed by atoms with Crippen LogP contribution in [0, 0.1) is 0 Å². The van der Waals surface area contributed by atoms with E-state index in [0.29, 0.717) is 10.8 Å². The minimum absolute atomic E-state index is 0.184. The quantitative estimate of drug-likeness (QED) is 0.926. The van der Waals surface area contributed by atoms with Gasteiger partial charge in [-0.05, 0) is 30.5 Å². The van der Waals surface area contributed by atoms with Crippen LogP contribution in [-0.2, 0) is 0 Å². The monoisotopic (exact) mass is 293 g/mol. The highest BCUT2D eigenvalue weighted by atomic mass is 32.2. The molecule has 112 valence electrons. The van der Waals surface area contributed by atoms with Gasteiger partial charge in [0.15, 0.2) is 0 Å². The fourth-order valence-corrected chi connectivity index (χ4v) is 3.94. The van der Waals surface area contributed by atoms with Crippen molar-refractivity contribution in [3.63, 3.8) is 0 Å². The molecular weight excluding hydrogens is 266 g/mol. The third-order valence-electron chi connectivity index (χ3n) is 4.19. The molecule has 1 saturated heterocycles. The Labute approximate surface area is 127 Å². The first kappa shape index (κ1) is 15.8. The molecular formula is C16H27N3S. The number of pyridine rings is 1. The normalized spacial score (nSPS) is 23.0. The lowest BCUT2D eigenvalue weighted by Crippen LogP contribution is -2.42. The van der Waals surface area contributed by atoms with Gasteiger partial charge in [0, 0.05) is 42.0 Å². The van der Waals surface area contributed by atoms with Crippen LogP contribution in [0.4, 0.5) is 0 Å². The van der Waals surface area contributed by atoms with Crippen LogP contribution in [0.3, 0.4) is 0 Å². The summed E-state index contributed by atoms with van der Waals surface area (Å²) in [5.41, 5.74) is 7.73. The molecule has 1 aliphatic heterocycles. The maximum Gasteiger partial charge on any atom is 0.0500 e. The first-order valence-corrected chi connectivity index (χ1v) is 8.55. The Bertz CT molecular complexity index is 407. The van der Waals surface area contributed by atoms with Crippen LogP contribution >= 0.6 is 11.8 Å². The van der Waals surface area contributed by atoms with Crippen molar-refractivity contribution in [1.29, 1.82) is 0 Å². The zero-order chi connectivity index (χ0) is 14.6. The molecule has 0 saturated carbocycles. The molecule has 2 atom stereocenters. The lowest BCUT2D eigenvalue weighted by Gasteiger charge is -2.35. The summed E-state index contributed by atoms with van der Waals surface area (Å²) in [5.74, 6) is 1.19. The lowest BCUT2D eigenvalue weighted by molar-refractivity contribution is 0.177. The fourth-order valence-electron chi connectivity index (χ4n) is 2.83. The maximum atomic E-state index is 6.43. The summed E-state index contributed by atoms with van der Waals surface area (Å²) in [5, 5.41) is 0. The average molecular weight is 293 g/mol. The third-order valence-corrected chi connectivity index (χ3v) is 5.56. The van der Waals surface area contributed by atoms with Crippen molar-refractivity contribution < 1.29 is 0 Å². The summed E-state index contributed by atoms with van der Waals surface area (Å²) >= 11 is 2.08. The summed E-state index contributed by atoms with van der Waals surface area (Å²) in [6.07, 6.45) is 5.97. The van der Waals surface area contributed by atoms with Crippen LogP contribution in [0.2, 0.25) is 0 Å². The van der Waals surface area contributed by atoms with Gasteiger partial charge in [0.25, 0.3) is 0 Å². The van der Waals surface area contributed by atoms with Crippen molar-refractivity contribution in [3.8, 4) is 0 Å². The zero-order valence-corrected chi connectivity index (χ0v) is 13.7. The molecule has 0 aliphatic carbocycles. The molecule has 2 N–H and O–H groups in total. The Morgan fingerprint density at radius 1 is 1.35 bits per heavy atom. The first-order valence-electron chi connectivity index (χ1n) is 7.57. The molecule has 2 rings (SSSR count). The summed E-state index contributed by atoms with van der Waals surface area (Å²) < 4.78 is 0.383. The van der Waals surface area contributed by atoms with Crippen LogP contribution in [0.5, 0.6) is 0 Å². The van der Waals surface area contributed by atoms with Gasteiger partial charge in [-0.1, -0.05) is 20.8 Å². The Morgan fingerprint density at radius 2 is 2.05 bits per heavy atom. The van der Waals surface area contributed by atoms with Gasteiger partial charge in [0.2, 0.25) is 0 Å². The molecule has 4 heteroatoms. The van der Waals surface area contributed by atoms with E-state index in [1.807, 2.05) is 12.4 Å². The van der Waals surface area contributed by atoms with Crippen LogP contribution < -0.4 is 5.73 Å².